The van der Waals surface area contributed by atoms with Crippen LogP contribution in [-0.2, 0) is 0 Å². The lowest BCUT2D eigenvalue weighted by Gasteiger charge is -2.10. The number of thioether (sulfide) groups is 1. The second-order valence-electron chi connectivity index (χ2n) is 4.53. The number of nitrogens with one attached hydrogen (secondary N) is 2. The van der Waals surface area contributed by atoms with Gasteiger partial charge in [-0.2, -0.15) is 16.1 Å². The Morgan fingerprint density at radius 1 is 1.47 bits per heavy atom. The van der Waals surface area contributed by atoms with Crippen molar-refractivity contribution in [3.05, 3.63) is 5.56 Å². The SMILES string of the molecule is CSCCCCNc1snc(N)c1C(=O)NC(C)C. The Kier molecular flexibility index (Phi) is 7.01. The Morgan fingerprint density at radius 2 is 2.21 bits per heavy atom. The molecule has 0 saturated carbocycles. The lowest BCUT2D eigenvalue weighted by atomic mass is 10.2. The summed E-state index contributed by atoms with van der Waals surface area (Å²) in [5, 5.41) is 6.86. The summed E-state index contributed by atoms with van der Waals surface area (Å²) in [6.45, 7) is 4.68. The molecule has 0 aromatic carbocycles. The van der Waals surface area contributed by atoms with Crippen LogP contribution in [0.4, 0.5) is 10.8 Å². The van der Waals surface area contributed by atoms with Gasteiger partial charge in [0.05, 0.1) is 0 Å². The molecule has 0 fully saturated rings. The van der Waals surface area contributed by atoms with Crippen molar-refractivity contribution in [1.29, 1.82) is 0 Å². The van der Waals surface area contributed by atoms with Crippen LogP contribution in [0, 0.1) is 0 Å². The molecule has 1 aromatic rings. The third-order valence-corrected chi connectivity index (χ3v) is 3.94. The number of hydrogen-bond donors (Lipinski definition) is 3. The minimum atomic E-state index is -0.159. The highest BCUT2D eigenvalue weighted by Gasteiger charge is 2.19. The molecule has 0 aliphatic heterocycles. The zero-order chi connectivity index (χ0) is 14.3. The molecule has 1 aromatic heterocycles. The predicted molar refractivity (Wildman–Crippen MR) is 85.2 cm³/mol. The van der Waals surface area contributed by atoms with Crippen LogP contribution in [0.25, 0.3) is 0 Å². The van der Waals surface area contributed by atoms with Crippen LogP contribution in [0.15, 0.2) is 0 Å². The number of amides is 1. The van der Waals surface area contributed by atoms with Crippen molar-refractivity contribution < 1.29 is 4.79 Å². The maximum Gasteiger partial charge on any atom is 0.258 e. The Balaban J connectivity index is 2.56. The highest BCUT2D eigenvalue weighted by atomic mass is 32.2. The Morgan fingerprint density at radius 3 is 2.84 bits per heavy atom. The molecule has 5 nitrogen and oxygen atoms in total. The summed E-state index contributed by atoms with van der Waals surface area (Å²) in [5.74, 6) is 1.30. The maximum absolute atomic E-state index is 12.0. The Bertz CT molecular complexity index is 406. The number of hydrogen-bond acceptors (Lipinski definition) is 6. The summed E-state index contributed by atoms with van der Waals surface area (Å²) < 4.78 is 4.05. The maximum atomic E-state index is 12.0. The molecule has 0 aliphatic rings. The largest absolute Gasteiger partial charge is 0.382 e. The van der Waals surface area contributed by atoms with Crippen molar-refractivity contribution in [3.8, 4) is 0 Å². The molecule has 108 valence electrons. The molecule has 0 aliphatic carbocycles. The number of rotatable bonds is 8. The Hall–Kier alpha value is -0.950. The van der Waals surface area contributed by atoms with Crippen LogP contribution in [0.5, 0.6) is 0 Å². The van der Waals surface area contributed by atoms with Crippen molar-refractivity contribution in [2.75, 3.05) is 29.6 Å². The molecule has 19 heavy (non-hydrogen) atoms. The quantitative estimate of drug-likeness (QED) is 0.643. The molecule has 4 N–H and O–H groups in total. The number of nitrogens with zero attached hydrogens (tertiary/aromatic N) is 1. The third kappa shape index (κ3) is 5.28. The van der Waals surface area contributed by atoms with Crippen LogP contribution in [-0.4, -0.2) is 34.9 Å². The van der Waals surface area contributed by atoms with Crippen molar-refractivity contribution in [3.63, 3.8) is 0 Å². The first-order valence-corrected chi connectivity index (χ1v) is 8.51. The average Bonchev–Trinajstić information content (AvgIpc) is 2.69. The van der Waals surface area contributed by atoms with Gasteiger partial charge in [0, 0.05) is 12.6 Å². The lowest BCUT2D eigenvalue weighted by molar-refractivity contribution is 0.0945. The van der Waals surface area contributed by atoms with Crippen LogP contribution in [0.3, 0.4) is 0 Å². The number of nitrogen functional groups attached to an aromatic ring is 1. The zero-order valence-corrected chi connectivity index (χ0v) is 13.3. The molecule has 1 rings (SSSR count). The van der Waals surface area contributed by atoms with Gasteiger partial charge in [-0.15, -0.1) is 0 Å². The summed E-state index contributed by atoms with van der Waals surface area (Å²) in [6.07, 6.45) is 4.34. The number of nitrogens with two attached hydrogens (primary N) is 1. The monoisotopic (exact) mass is 302 g/mol. The van der Waals surface area contributed by atoms with Crippen LogP contribution in [0.2, 0.25) is 0 Å². The van der Waals surface area contributed by atoms with Gasteiger partial charge in [-0.1, -0.05) is 0 Å². The van der Waals surface area contributed by atoms with Gasteiger partial charge < -0.3 is 16.4 Å². The van der Waals surface area contributed by atoms with E-state index in [1.165, 1.54) is 11.5 Å². The number of carbonyl (C=O) groups is 1. The van der Waals surface area contributed by atoms with Gasteiger partial charge in [0.25, 0.3) is 5.91 Å². The van der Waals surface area contributed by atoms with E-state index in [0.717, 1.165) is 30.1 Å². The minimum absolute atomic E-state index is 0.0845. The van der Waals surface area contributed by atoms with E-state index >= 15 is 0 Å². The normalized spacial score (nSPS) is 10.7. The van der Waals surface area contributed by atoms with Crippen LogP contribution < -0.4 is 16.4 Å². The topological polar surface area (TPSA) is 80.0 Å². The number of anilines is 2. The number of carbonyl (C=O) groups excluding carboxylic acids is 1. The molecular formula is C12H22N4OS2. The Labute approximate surface area is 122 Å². The first-order chi connectivity index (χ1) is 9.06. The molecule has 0 saturated heterocycles. The highest BCUT2D eigenvalue weighted by Crippen LogP contribution is 2.26. The van der Waals surface area contributed by atoms with E-state index in [0.29, 0.717) is 11.4 Å². The second kappa shape index (κ2) is 8.27. The summed E-state index contributed by atoms with van der Waals surface area (Å²) in [4.78, 5) is 12.0. The van der Waals surface area contributed by atoms with Gasteiger partial charge in [-0.25, -0.2) is 0 Å². The molecule has 0 spiro atoms. The molecule has 0 radical (unpaired) electrons. The van der Waals surface area contributed by atoms with E-state index in [2.05, 4.69) is 21.3 Å². The molecule has 7 heteroatoms. The van der Waals surface area contributed by atoms with Crippen molar-refractivity contribution in [2.24, 2.45) is 0 Å². The average molecular weight is 302 g/mol. The van der Waals surface area contributed by atoms with Gasteiger partial charge in [0.15, 0.2) is 5.82 Å². The summed E-state index contributed by atoms with van der Waals surface area (Å²) in [5.41, 5.74) is 6.24. The third-order valence-electron chi connectivity index (χ3n) is 2.43. The zero-order valence-electron chi connectivity index (χ0n) is 11.7. The fourth-order valence-electron chi connectivity index (χ4n) is 1.55. The number of unbranched alkanes of at least 4 members (excludes halogenated alkanes) is 1. The van der Waals surface area contributed by atoms with Gasteiger partial charge in [0.2, 0.25) is 0 Å². The van der Waals surface area contributed by atoms with E-state index in [-0.39, 0.29) is 11.9 Å². The smallest absolute Gasteiger partial charge is 0.258 e. The van der Waals surface area contributed by atoms with E-state index in [4.69, 9.17) is 5.73 Å². The van der Waals surface area contributed by atoms with Gasteiger partial charge in [-0.05, 0) is 50.2 Å². The summed E-state index contributed by atoms with van der Waals surface area (Å²) in [6, 6.07) is 0.0845. The van der Waals surface area contributed by atoms with Crippen LogP contribution >= 0.6 is 23.3 Å². The summed E-state index contributed by atoms with van der Waals surface area (Å²) in [7, 11) is 0. The molecule has 0 unspecified atom stereocenters. The standard InChI is InChI=1S/C12H22N4OS2/c1-8(2)15-11(17)9-10(13)16-19-12(9)14-6-4-5-7-18-3/h8,14H,4-7H2,1-3H3,(H2,13,16)(H,15,17). The summed E-state index contributed by atoms with van der Waals surface area (Å²) >= 11 is 3.09. The van der Waals surface area contributed by atoms with E-state index in [1.807, 2.05) is 25.6 Å². The van der Waals surface area contributed by atoms with Crippen molar-refractivity contribution >= 4 is 40.0 Å². The van der Waals surface area contributed by atoms with Crippen LogP contribution in [0.1, 0.15) is 37.0 Å². The molecule has 1 amide bonds. The first kappa shape index (κ1) is 16.1. The van der Waals surface area contributed by atoms with Gasteiger partial charge in [-0.3, -0.25) is 4.79 Å². The van der Waals surface area contributed by atoms with Gasteiger partial charge in [0.1, 0.15) is 10.6 Å². The highest BCUT2D eigenvalue weighted by molar-refractivity contribution is 7.98. The van der Waals surface area contributed by atoms with E-state index in [1.54, 1.807) is 0 Å². The first-order valence-electron chi connectivity index (χ1n) is 6.35. The minimum Gasteiger partial charge on any atom is -0.382 e. The second-order valence-corrected chi connectivity index (χ2v) is 6.29. The van der Waals surface area contributed by atoms with Crippen molar-refractivity contribution in [1.82, 2.24) is 9.69 Å². The molecular weight excluding hydrogens is 280 g/mol. The van der Waals surface area contributed by atoms with E-state index in [9.17, 15) is 4.79 Å². The van der Waals surface area contributed by atoms with Gasteiger partial charge >= 0.3 is 0 Å². The lowest BCUT2D eigenvalue weighted by Crippen LogP contribution is -2.30. The van der Waals surface area contributed by atoms with Crippen molar-refractivity contribution in [2.45, 2.75) is 32.7 Å². The molecule has 1 heterocycles. The molecule has 0 bridgehead atoms. The van der Waals surface area contributed by atoms with E-state index < -0.39 is 0 Å². The fraction of sp³-hybridized carbons (Fsp3) is 0.667. The number of aromatic nitrogens is 1. The predicted octanol–water partition coefficient (Wildman–Crippen LogP) is 2.42. The molecule has 0 atom stereocenters. The fourth-order valence-corrected chi connectivity index (χ4v) is 2.78.